The number of rotatable bonds is 6. The molecule has 14 heteroatoms. The number of alkyl halides is 6. The average molecular weight is 533 g/mol. The number of aliphatic hydroxyl groups is 2. The third-order valence-electron chi connectivity index (χ3n) is 5.68. The van der Waals surface area contributed by atoms with Crippen LogP contribution in [0.4, 0.5) is 32.0 Å². The molecule has 1 aliphatic rings. The first-order valence-corrected chi connectivity index (χ1v) is 12.4. The van der Waals surface area contributed by atoms with E-state index in [4.69, 9.17) is 0 Å². The number of aliphatic hydroxyl groups excluding tert-OH is 1. The van der Waals surface area contributed by atoms with Crippen LogP contribution in [0.3, 0.4) is 0 Å². The van der Waals surface area contributed by atoms with Gasteiger partial charge in [0, 0.05) is 43.0 Å². The van der Waals surface area contributed by atoms with Gasteiger partial charge in [-0.25, -0.2) is 8.42 Å². The lowest BCUT2D eigenvalue weighted by atomic mass is 9.88. The van der Waals surface area contributed by atoms with Crippen LogP contribution in [0.2, 0.25) is 0 Å². The minimum Gasteiger partial charge on any atom is -0.388 e. The minimum absolute atomic E-state index is 0.0142. The lowest BCUT2D eigenvalue weighted by Crippen LogP contribution is -2.54. The summed E-state index contributed by atoms with van der Waals surface area (Å²) >= 11 is 1.05. The van der Waals surface area contributed by atoms with Crippen LogP contribution < -0.4 is 4.90 Å². The summed E-state index contributed by atoms with van der Waals surface area (Å²) in [5, 5.41) is 21.7. The fourth-order valence-corrected chi connectivity index (χ4v) is 6.32. The van der Waals surface area contributed by atoms with E-state index >= 15 is 0 Å². The van der Waals surface area contributed by atoms with Crippen molar-refractivity contribution in [3.63, 3.8) is 0 Å². The molecule has 3 rings (SSSR count). The summed E-state index contributed by atoms with van der Waals surface area (Å²) < 4.78 is 107. The molecule has 1 saturated heterocycles. The molecule has 2 aromatic rings. The molecule has 1 fully saturated rings. The van der Waals surface area contributed by atoms with Crippen LogP contribution in [0.15, 0.2) is 39.9 Å². The van der Waals surface area contributed by atoms with Crippen LogP contribution in [0.25, 0.3) is 0 Å². The topological polar surface area (TPSA) is 81.1 Å². The number of nitrogens with zero attached hydrogens (tertiary/aromatic N) is 2. The molecule has 0 radical (unpaired) electrons. The zero-order valence-electron chi connectivity index (χ0n) is 17.8. The van der Waals surface area contributed by atoms with Gasteiger partial charge in [0.1, 0.15) is 4.21 Å². The SMILES string of the molecule is CC[C@H](O)c1cc(C(O)(C(F)(F)F)C(F)(F)F)ccc1N1CCN(S(=O)(=O)c2cccs2)CC1. The fraction of sp³-hybridized carbons (Fsp3) is 0.500. The molecular weight excluding hydrogens is 510 g/mol. The summed E-state index contributed by atoms with van der Waals surface area (Å²) in [7, 11) is -3.72. The summed E-state index contributed by atoms with van der Waals surface area (Å²) in [4.78, 5) is 1.58. The van der Waals surface area contributed by atoms with E-state index < -0.39 is 39.6 Å². The highest BCUT2D eigenvalue weighted by Crippen LogP contribution is 2.51. The standard InChI is InChI=1S/C20H22F6N2O4S2/c1-2-16(29)14-12-13(18(30,19(21,22)23)20(24,25)26)5-6-15(14)27-7-9-28(10-8-27)34(31,32)17-4-3-11-33-17/h3-6,11-12,16,29-30H,2,7-10H2,1H3/t16-/m0/s1. The Hall–Kier alpha value is -1.87. The summed E-state index contributed by atoms with van der Waals surface area (Å²) in [6.45, 7) is 1.73. The van der Waals surface area contributed by atoms with E-state index in [9.17, 15) is 45.0 Å². The summed E-state index contributed by atoms with van der Waals surface area (Å²) in [5.74, 6) is 0. The summed E-state index contributed by atoms with van der Waals surface area (Å²) in [5.41, 5.74) is -6.63. The van der Waals surface area contributed by atoms with Gasteiger partial charge in [-0.15, -0.1) is 11.3 Å². The Kier molecular flexibility index (Phi) is 7.31. The fourth-order valence-electron chi connectivity index (χ4n) is 3.75. The molecule has 1 aromatic heterocycles. The molecule has 0 bridgehead atoms. The summed E-state index contributed by atoms with van der Waals surface area (Å²) in [6, 6.07) is 5.08. The third kappa shape index (κ3) is 4.65. The number of halogens is 6. The zero-order valence-corrected chi connectivity index (χ0v) is 19.4. The number of thiophene rings is 1. The largest absolute Gasteiger partial charge is 0.430 e. The van der Waals surface area contributed by atoms with E-state index in [1.807, 2.05) is 0 Å². The second kappa shape index (κ2) is 9.30. The van der Waals surface area contributed by atoms with Crippen molar-refractivity contribution in [2.75, 3.05) is 31.1 Å². The van der Waals surface area contributed by atoms with Crippen molar-refractivity contribution in [2.45, 2.75) is 41.6 Å². The predicted octanol–water partition coefficient (Wildman–Crippen LogP) is 4.01. The Bertz CT molecular complexity index is 1080. The maximum atomic E-state index is 13.3. The van der Waals surface area contributed by atoms with Crippen molar-refractivity contribution in [3.8, 4) is 0 Å². The van der Waals surface area contributed by atoms with Crippen LogP contribution >= 0.6 is 11.3 Å². The molecule has 190 valence electrons. The second-order valence-electron chi connectivity index (χ2n) is 7.73. The number of hydrogen-bond acceptors (Lipinski definition) is 6. The van der Waals surface area contributed by atoms with Gasteiger partial charge in [-0.05, 0) is 30.0 Å². The molecule has 0 unspecified atom stereocenters. The zero-order chi connectivity index (χ0) is 25.5. The number of anilines is 1. The van der Waals surface area contributed by atoms with E-state index in [-0.39, 0.29) is 48.1 Å². The molecule has 1 aliphatic heterocycles. The molecule has 0 spiro atoms. The van der Waals surface area contributed by atoms with Crippen molar-refractivity contribution in [2.24, 2.45) is 0 Å². The Morgan fingerprint density at radius 1 is 1.03 bits per heavy atom. The number of piperazine rings is 1. The molecular formula is C20H22F6N2O4S2. The van der Waals surface area contributed by atoms with Gasteiger partial charge in [-0.3, -0.25) is 0 Å². The smallest absolute Gasteiger partial charge is 0.388 e. The Balaban J connectivity index is 1.95. The number of hydrogen-bond donors (Lipinski definition) is 2. The van der Waals surface area contributed by atoms with Gasteiger partial charge in [-0.2, -0.15) is 30.6 Å². The van der Waals surface area contributed by atoms with Gasteiger partial charge in [0.25, 0.3) is 15.6 Å². The monoisotopic (exact) mass is 532 g/mol. The van der Waals surface area contributed by atoms with Crippen LogP contribution in [-0.2, 0) is 15.6 Å². The van der Waals surface area contributed by atoms with E-state index in [1.54, 1.807) is 16.3 Å². The van der Waals surface area contributed by atoms with Gasteiger partial charge in [-0.1, -0.05) is 19.1 Å². The van der Waals surface area contributed by atoms with Crippen molar-refractivity contribution >= 4 is 27.0 Å². The lowest BCUT2D eigenvalue weighted by Gasteiger charge is -2.38. The van der Waals surface area contributed by atoms with E-state index in [0.717, 1.165) is 17.4 Å². The summed E-state index contributed by atoms with van der Waals surface area (Å²) in [6.07, 6.45) is -13.5. The van der Waals surface area contributed by atoms with Crippen molar-refractivity contribution in [1.29, 1.82) is 0 Å². The quantitative estimate of drug-likeness (QED) is 0.550. The van der Waals surface area contributed by atoms with Gasteiger partial charge < -0.3 is 15.1 Å². The van der Waals surface area contributed by atoms with E-state index in [1.165, 1.54) is 17.3 Å². The second-order valence-corrected chi connectivity index (χ2v) is 10.8. The normalized spacial score (nSPS) is 17.7. The van der Waals surface area contributed by atoms with E-state index in [0.29, 0.717) is 12.1 Å². The van der Waals surface area contributed by atoms with Crippen molar-refractivity contribution < 1.29 is 45.0 Å². The first kappa shape index (κ1) is 26.7. The molecule has 1 atom stereocenters. The predicted molar refractivity (Wildman–Crippen MR) is 113 cm³/mol. The van der Waals surface area contributed by atoms with E-state index in [2.05, 4.69) is 0 Å². The van der Waals surface area contributed by atoms with Crippen LogP contribution in [0.5, 0.6) is 0 Å². The average Bonchev–Trinajstić information content (AvgIpc) is 3.32. The molecule has 2 N–H and O–H groups in total. The molecule has 2 heterocycles. The number of sulfonamides is 1. The number of benzene rings is 1. The Labute approximate surface area is 196 Å². The molecule has 0 aliphatic carbocycles. The third-order valence-corrected chi connectivity index (χ3v) is 8.95. The molecule has 34 heavy (non-hydrogen) atoms. The van der Waals surface area contributed by atoms with Crippen LogP contribution in [-0.4, -0.2) is 61.5 Å². The highest BCUT2D eigenvalue weighted by atomic mass is 32.2. The van der Waals surface area contributed by atoms with Gasteiger partial charge in [0.05, 0.1) is 6.10 Å². The highest BCUT2D eigenvalue weighted by molar-refractivity contribution is 7.91. The minimum atomic E-state index is -6.05. The molecule has 0 amide bonds. The molecule has 6 nitrogen and oxygen atoms in total. The van der Waals surface area contributed by atoms with Crippen molar-refractivity contribution in [3.05, 3.63) is 46.8 Å². The first-order valence-electron chi connectivity index (χ1n) is 10.1. The maximum Gasteiger partial charge on any atom is 0.430 e. The van der Waals surface area contributed by atoms with Crippen LogP contribution in [0, 0.1) is 0 Å². The van der Waals surface area contributed by atoms with Crippen molar-refractivity contribution in [1.82, 2.24) is 4.31 Å². The van der Waals surface area contributed by atoms with Crippen LogP contribution in [0.1, 0.15) is 30.6 Å². The Morgan fingerprint density at radius 2 is 1.62 bits per heavy atom. The van der Waals surface area contributed by atoms with Gasteiger partial charge in [0.15, 0.2) is 0 Å². The highest BCUT2D eigenvalue weighted by Gasteiger charge is 2.71. The Morgan fingerprint density at radius 3 is 2.09 bits per heavy atom. The maximum absolute atomic E-state index is 13.3. The lowest BCUT2D eigenvalue weighted by molar-refractivity contribution is -0.376. The molecule has 0 saturated carbocycles. The van der Waals surface area contributed by atoms with Gasteiger partial charge in [0.2, 0.25) is 0 Å². The molecule has 1 aromatic carbocycles. The van der Waals surface area contributed by atoms with Gasteiger partial charge >= 0.3 is 12.4 Å². The first-order chi connectivity index (χ1) is 15.6.